The van der Waals surface area contributed by atoms with Crippen molar-refractivity contribution in [3.8, 4) is 6.07 Å². The summed E-state index contributed by atoms with van der Waals surface area (Å²) in [6.07, 6.45) is -2.18. The van der Waals surface area contributed by atoms with E-state index in [1.807, 2.05) is 0 Å². The highest BCUT2D eigenvalue weighted by Gasteiger charge is 2.33. The molecular formula is C20H18F3N5O2. The number of halogens is 3. The quantitative estimate of drug-likeness (QED) is 0.602. The third-order valence-corrected chi connectivity index (χ3v) is 5.37. The lowest BCUT2D eigenvalue weighted by molar-refractivity contribution is -0.137. The number of rotatable bonds is 3. The second kappa shape index (κ2) is 7.50. The van der Waals surface area contributed by atoms with Crippen LogP contribution < -0.4 is 10.9 Å². The standard InChI is InChI=1S/C20H18F3N5O2/c21-20(22,23)12-1-3-13(4-2-12)26-18-17-16(7-8-25-19(17)30)28(27-18)15-6-5-14(29)9-11(15)10-24/h1-4,7-8,11,14-15,29H,5-6,9H2,(H,25,30)(H,26,27). The number of fused-ring (bicyclic) bond motifs is 1. The Labute approximate surface area is 168 Å². The predicted molar refractivity (Wildman–Crippen MR) is 103 cm³/mol. The zero-order valence-corrected chi connectivity index (χ0v) is 15.6. The molecule has 3 atom stereocenters. The van der Waals surface area contributed by atoms with Gasteiger partial charge in [-0.05, 0) is 49.6 Å². The highest BCUT2D eigenvalue weighted by atomic mass is 19.4. The highest BCUT2D eigenvalue weighted by Crippen LogP contribution is 2.37. The number of benzene rings is 1. The molecule has 0 spiro atoms. The van der Waals surface area contributed by atoms with Gasteiger partial charge in [0.25, 0.3) is 5.56 Å². The summed E-state index contributed by atoms with van der Waals surface area (Å²) in [5, 5.41) is 27.1. The van der Waals surface area contributed by atoms with Gasteiger partial charge in [-0.25, -0.2) is 0 Å². The fourth-order valence-electron chi connectivity index (χ4n) is 3.88. The summed E-state index contributed by atoms with van der Waals surface area (Å²) in [7, 11) is 0. The maximum absolute atomic E-state index is 12.8. The van der Waals surface area contributed by atoms with Crippen molar-refractivity contribution < 1.29 is 18.3 Å². The fraction of sp³-hybridized carbons (Fsp3) is 0.350. The van der Waals surface area contributed by atoms with E-state index in [0.717, 1.165) is 12.1 Å². The number of nitriles is 1. The van der Waals surface area contributed by atoms with E-state index in [-0.39, 0.29) is 17.2 Å². The number of hydrogen-bond acceptors (Lipinski definition) is 5. The van der Waals surface area contributed by atoms with Crippen molar-refractivity contribution in [3.63, 3.8) is 0 Å². The second-order valence-corrected chi connectivity index (χ2v) is 7.33. The Kier molecular flexibility index (Phi) is 4.99. The Bertz CT molecular complexity index is 1160. The van der Waals surface area contributed by atoms with Gasteiger partial charge in [-0.1, -0.05) is 0 Å². The molecular weight excluding hydrogens is 399 g/mol. The van der Waals surface area contributed by atoms with E-state index < -0.39 is 29.3 Å². The van der Waals surface area contributed by atoms with Crippen LogP contribution in [0.4, 0.5) is 24.7 Å². The number of hydrogen-bond donors (Lipinski definition) is 3. The zero-order valence-electron chi connectivity index (χ0n) is 15.6. The highest BCUT2D eigenvalue weighted by molar-refractivity contribution is 5.91. The van der Waals surface area contributed by atoms with Crippen molar-refractivity contribution in [1.82, 2.24) is 14.8 Å². The molecule has 0 radical (unpaired) electrons. The van der Waals surface area contributed by atoms with Gasteiger partial charge in [0.1, 0.15) is 5.39 Å². The van der Waals surface area contributed by atoms with Crippen molar-refractivity contribution in [2.75, 3.05) is 5.32 Å². The molecule has 2 heterocycles. The van der Waals surface area contributed by atoms with Crippen LogP contribution in [0.15, 0.2) is 41.3 Å². The van der Waals surface area contributed by atoms with Gasteiger partial charge in [0, 0.05) is 11.9 Å². The smallest absolute Gasteiger partial charge is 0.393 e. The Hall–Kier alpha value is -3.32. The summed E-state index contributed by atoms with van der Waals surface area (Å²) in [5.74, 6) is -0.288. The fourth-order valence-corrected chi connectivity index (χ4v) is 3.88. The van der Waals surface area contributed by atoms with Crippen molar-refractivity contribution >= 4 is 22.4 Å². The van der Waals surface area contributed by atoms with E-state index in [2.05, 4.69) is 21.5 Å². The summed E-state index contributed by atoms with van der Waals surface area (Å²) in [6, 6.07) is 7.96. The van der Waals surface area contributed by atoms with E-state index in [9.17, 15) is 28.3 Å². The lowest BCUT2D eigenvalue weighted by atomic mass is 9.84. The average molecular weight is 417 g/mol. The minimum Gasteiger partial charge on any atom is -0.393 e. The van der Waals surface area contributed by atoms with Gasteiger partial charge < -0.3 is 15.4 Å². The number of aliphatic hydroxyl groups excluding tert-OH is 1. The first-order valence-electron chi connectivity index (χ1n) is 9.40. The van der Waals surface area contributed by atoms with Crippen LogP contribution in [0.3, 0.4) is 0 Å². The van der Waals surface area contributed by atoms with E-state index in [1.165, 1.54) is 18.3 Å². The minimum atomic E-state index is -4.44. The molecule has 0 saturated heterocycles. The molecule has 1 aromatic carbocycles. The van der Waals surface area contributed by atoms with Crippen LogP contribution in [0.1, 0.15) is 30.9 Å². The molecule has 1 fully saturated rings. The van der Waals surface area contributed by atoms with Gasteiger partial charge in [0.15, 0.2) is 5.82 Å². The Morgan fingerprint density at radius 1 is 1.23 bits per heavy atom. The average Bonchev–Trinajstić information content (AvgIpc) is 3.07. The number of aromatic amines is 1. The van der Waals surface area contributed by atoms with Crippen molar-refractivity contribution in [2.45, 2.75) is 37.6 Å². The maximum atomic E-state index is 12.8. The molecule has 7 nitrogen and oxygen atoms in total. The molecule has 4 rings (SSSR count). The van der Waals surface area contributed by atoms with Crippen LogP contribution in [-0.2, 0) is 6.18 Å². The zero-order chi connectivity index (χ0) is 21.5. The Morgan fingerprint density at radius 2 is 1.97 bits per heavy atom. The molecule has 3 N–H and O–H groups in total. The number of alkyl halides is 3. The van der Waals surface area contributed by atoms with Gasteiger partial charge in [-0.15, -0.1) is 0 Å². The molecule has 1 aliphatic carbocycles. The summed E-state index contributed by atoms with van der Waals surface area (Å²) < 4.78 is 40.0. The molecule has 0 aliphatic heterocycles. The van der Waals surface area contributed by atoms with E-state index in [0.29, 0.717) is 30.5 Å². The minimum absolute atomic E-state index is 0.189. The van der Waals surface area contributed by atoms with Crippen LogP contribution >= 0.6 is 0 Å². The topological polar surface area (TPSA) is 107 Å². The lowest BCUT2D eigenvalue weighted by Crippen LogP contribution is -2.29. The molecule has 3 aromatic rings. The summed E-state index contributed by atoms with van der Waals surface area (Å²) >= 11 is 0. The van der Waals surface area contributed by atoms with Crippen LogP contribution in [0.5, 0.6) is 0 Å². The largest absolute Gasteiger partial charge is 0.416 e. The van der Waals surface area contributed by atoms with E-state index >= 15 is 0 Å². The van der Waals surface area contributed by atoms with Crippen LogP contribution in [0.25, 0.3) is 10.9 Å². The molecule has 156 valence electrons. The molecule has 30 heavy (non-hydrogen) atoms. The predicted octanol–water partition coefficient (Wildman–Crippen LogP) is 3.71. The Balaban J connectivity index is 1.74. The number of nitrogens with one attached hydrogen (secondary N) is 2. The number of pyridine rings is 1. The number of anilines is 2. The van der Waals surface area contributed by atoms with Gasteiger partial charge >= 0.3 is 6.18 Å². The summed E-state index contributed by atoms with van der Waals surface area (Å²) in [6.45, 7) is 0. The van der Waals surface area contributed by atoms with Crippen molar-refractivity contribution in [1.29, 1.82) is 5.26 Å². The number of H-pyrrole nitrogens is 1. The molecule has 2 aromatic heterocycles. The van der Waals surface area contributed by atoms with Gasteiger partial charge in [0.2, 0.25) is 0 Å². The molecule has 10 heteroatoms. The third-order valence-electron chi connectivity index (χ3n) is 5.37. The maximum Gasteiger partial charge on any atom is 0.416 e. The molecule has 1 saturated carbocycles. The molecule has 0 amide bonds. The van der Waals surface area contributed by atoms with Crippen molar-refractivity contribution in [3.05, 3.63) is 52.4 Å². The van der Waals surface area contributed by atoms with Crippen LogP contribution in [0, 0.1) is 17.2 Å². The summed E-state index contributed by atoms with van der Waals surface area (Å²) in [4.78, 5) is 15.0. The summed E-state index contributed by atoms with van der Waals surface area (Å²) in [5.41, 5.74) is -0.333. The van der Waals surface area contributed by atoms with Crippen LogP contribution in [0.2, 0.25) is 0 Å². The first-order valence-corrected chi connectivity index (χ1v) is 9.40. The molecule has 1 aliphatic rings. The van der Waals surface area contributed by atoms with Crippen molar-refractivity contribution in [2.24, 2.45) is 5.92 Å². The van der Waals surface area contributed by atoms with Gasteiger partial charge in [-0.2, -0.15) is 23.5 Å². The molecule has 3 unspecified atom stereocenters. The first-order chi connectivity index (χ1) is 14.3. The van der Waals surface area contributed by atoms with Gasteiger partial charge in [-0.3, -0.25) is 9.48 Å². The number of aromatic nitrogens is 3. The molecule has 0 bridgehead atoms. The number of aliphatic hydroxyl groups is 1. The lowest BCUT2D eigenvalue weighted by Gasteiger charge is -2.30. The third kappa shape index (κ3) is 3.64. The number of nitrogens with zero attached hydrogens (tertiary/aromatic N) is 3. The first kappa shape index (κ1) is 20.0. The Morgan fingerprint density at radius 3 is 2.63 bits per heavy atom. The SMILES string of the molecule is N#CC1CC(O)CCC1n1nc(Nc2ccc(C(F)(F)F)cc2)c2c(=O)[nH]ccc21. The van der Waals surface area contributed by atoms with E-state index in [1.54, 1.807) is 10.7 Å². The second-order valence-electron chi connectivity index (χ2n) is 7.33. The van der Waals surface area contributed by atoms with E-state index in [4.69, 9.17) is 0 Å². The normalized spacial score (nSPS) is 22.0. The van der Waals surface area contributed by atoms with Crippen LogP contribution in [-0.4, -0.2) is 26.0 Å². The monoisotopic (exact) mass is 417 g/mol. The van der Waals surface area contributed by atoms with Gasteiger partial charge in [0.05, 0.1) is 35.2 Å².